The Labute approximate surface area is 140 Å². The Kier molecular flexibility index (Phi) is 4.29. The minimum absolute atomic E-state index is 0.0379. The SMILES string of the molecule is O=S(=O)(c1ccccc1)C(c1ccc[nH]1)S(=O)(=O)c1ccccc1. The molecule has 0 atom stereocenters. The smallest absolute Gasteiger partial charge is 0.211 e. The fourth-order valence-electron chi connectivity index (χ4n) is 2.46. The van der Waals surface area contributed by atoms with Crippen LogP contribution in [0.5, 0.6) is 0 Å². The van der Waals surface area contributed by atoms with Gasteiger partial charge in [-0.3, -0.25) is 0 Å². The number of hydrogen-bond acceptors (Lipinski definition) is 4. The van der Waals surface area contributed by atoms with Crippen molar-refractivity contribution in [2.24, 2.45) is 0 Å². The van der Waals surface area contributed by atoms with E-state index in [4.69, 9.17) is 0 Å². The molecule has 0 amide bonds. The molecule has 1 aromatic heterocycles. The molecule has 1 N–H and O–H groups in total. The van der Waals surface area contributed by atoms with E-state index >= 15 is 0 Å². The summed E-state index contributed by atoms with van der Waals surface area (Å²) in [6.07, 6.45) is 1.50. The number of H-pyrrole nitrogens is 1. The Morgan fingerprint density at radius 1 is 0.625 bits per heavy atom. The summed E-state index contributed by atoms with van der Waals surface area (Å²) in [4.78, 5) is 2.65. The molecule has 1 heterocycles. The second-order valence-corrected chi connectivity index (χ2v) is 9.54. The summed E-state index contributed by atoms with van der Waals surface area (Å²) in [5.74, 6) is 0. The van der Waals surface area contributed by atoms with Crippen LogP contribution in [0.2, 0.25) is 0 Å². The number of aromatic amines is 1. The van der Waals surface area contributed by atoms with E-state index in [9.17, 15) is 16.8 Å². The lowest BCUT2D eigenvalue weighted by molar-refractivity contribution is 0.575. The van der Waals surface area contributed by atoms with Crippen molar-refractivity contribution in [3.63, 3.8) is 0 Å². The molecular weight excluding hydrogens is 346 g/mol. The van der Waals surface area contributed by atoms with Gasteiger partial charge in [0, 0.05) is 11.9 Å². The lowest BCUT2D eigenvalue weighted by atomic mass is 10.4. The summed E-state index contributed by atoms with van der Waals surface area (Å²) in [5.41, 5.74) is 0.114. The Morgan fingerprint density at radius 2 is 1.08 bits per heavy atom. The molecule has 0 spiro atoms. The Hall–Kier alpha value is -2.38. The van der Waals surface area contributed by atoms with Crippen molar-refractivity contribution in [3.8, 4) is 0 Å². The number of nitrogens with one attached hydrogen (secondary N) is 1. The lowest BCUT2D eigenvalue weighted by Gasteiger charge is -2.17. The standard InChI is InChI=1S/C17H15NO4S2/c19-23(20,14-8-3-1-4-9-14)17(16-12-7-13-18-16)24(21,22)15-10-5-2-6-11-15/h1-13,17-18H. The molecule has 2 aromatic carbocycles. The predicted octanol–water partition coefficient (Wildman–Crippen LogP) is 2.96. The lowest BCUT2D eigenvalue weighted by Crippen LogP contribution is -2.23. The highest BCUT2D eigenvalue weighted by molar-refractivity contribution is 8.08. The Balaban J connectivity index is 2.24. The first-order valence-electron chi connectivity index (χ1n) is 7.15. The van der Waals surface area contributed by atoms with Gasteiger partial charge in [0.2, 0.25) is 24.3 Å². The number of benzene rings is 2. The largest absolute Gasteiger partial charge is 0.363 e. The van der Waals surface area contributed by atoms with Crippen molar-refractivity contribution in [1.82, 2.24) is 4.98 Å². The first kappa shape index (κ1) is 16.5. The molecule has 0 aliphatic heterocycles. The van der Waals surface area contributed by atoms with Gasteiger partial charge in [-0.2, -0.15) is 0 Å². The van der Waals surface area contributed by atoms with Gasteiger partial charge in [0.1, 0.15) is 0 Å². The normalized spacial score (nSPS) is 12.4. The summed E-state index contributed by atoms with van der Waals surface area (Å²) >= 11 is 0. The van der Waals surface area contributed by atoms with E-state index in [0.29, 0.717) is 0 Å². The van der Waals surface area contributed by atoms with Crippen LogP contribution in [0.25, 0.3) is 0 Å². The minimum Gasteiger partial charge on any atom is -0.363 e. The van der Waals surface area contributed by atoms with Gasteiger partial charge in [-0.25, -0.2) is 16.8 Å². The third kappa shape index (κ3) is 2.88. The van der Waals surface area contributed by atoms with Crippen LogP contribution in [-0.2, 0) is 19.7 Å². The Bertz CT molecular complexity index is 941. The van der Waals surface area contributed by atoms with Crippen LogP contribution < -0.4 is 0 Å². The molecule has 0 radical (unpaired) electrons. The molecule has 0 aliphatic carbocycles. The number of hydrogen-bond donors (Lipinski definition) is 1. The van der Waals surface area contributed by atoms with Crippen molar-refractivity contribution in [1.29, 1.82) is 0 Å². The van der Waals surface area contributed by atoms with E-state index < -0.39 is 24.3 Å². The summed E-state index contributed by atoms with van der Waals surface area (Å²) in [5, 5.41) is 0. The van der Waals surface area contributed by atoms with Crippen LogP contribution in [0.1, 0.15) is 10.3 Å². The number of rotatable bonds is 5. The molecule has 7 heteroatoms. The zero-order valence-electron chi connectivity index (χ0n) is 12.5. The van der Waals surface area contributed by atoms with Gasteiger partial charge in [-0.1, -0.05) is 36.4 Å². The molecule has 24 heavy (non-hydrogen) atoms. The third-order valence-corrected chi connectivity index (χ3v) is 8.60. The summed E-state index contributed by atoms with van der Waals surface area (Å²) in [6.45, 7) is 0. The number of aromatic nitrogens is 1. The zero-order chi connectivity index (χ0) is 17.2. The first-order valence-corrected chi connectivity index (χ1v) is 10.2. The Morgan fingerprint density at radius 3 is 1.46 bits per heavy atom. The monoisotopic (exact) mass is 361 g/mol. The van der Waals surface area contributed by atoms with Crippen molar-refractivity contribution in [3.05, 3.63) is 84.7 Å². The van der Waals surface area contributed by atoms with E-state index in [1.165, 1.54) is 36.5 Å². The van der Waals surface area contributed by atoms with Gasteiger partial charge < -0.3 is 4.98 Å². The van der Waals surface area contributed by atoms with Crippen LogP contribution in [0.15, 0.2) is 88.8 Å². The highest BCUT2D eigenvalue weighted by Crippen LogP contribution is 2.36. The molecular formula is C17H15NO4S2. The minimum atomic E-state index is -4.15. The van der Waals surface area contributed by atoms with Crippen LogP contribution in [0.3, 0.4) is 0 Å². The highest BCUT2D eigenvalue weighted by atomic mass is 32.3. The first-order chi connectivity index (χ1) is 11.4. The van der Waals surface area contributed by atoms with Gasteiger partial charge in [-0.05, 0) is 36.4 Å². The average Bonchev–Trinajstić information content (AvgIpc) is 3.10. The molecule has 0 aliphatic rings. The van der Waals surface area contributed by atoms with E-state index in [0.717, 1.165) is 0 Å². The van der Waals surface area contributed by atoms with Gasteiger partial charge >= 0.3 is 0 Å². The van der Waals surface area contributed by atoms with Crippen molar-refractivity contribution in [2.75, 3.05) is 0 Å². The van der Waals surface area contributed by atoms with E-state index in [2.05, 4.69) is 4.98 Å². The van der Waals surface area contributed by atoms with E-state index in [1.807, 2.05) is 0 Å². The molecule has 0 bridgehead atoms. The fraction of sp³-hybridized carbons (Fsp3) is 0.0588. The summed E-state index contributed by atoms with van der Waals surface area (Å²) < 4.78 is 50.5. The molecule has 3 aromatic rings. The van der Waals surface area contributed by atoms with E-state index in [1.54, 1.807) is 42.5 Å². The van der Waals surface area contributed by atoms with Gasteiger partial charge in [0.25, 0.3) is 0 Å². The fourth-order valence-corrected chi connectivity index (χ4v) is 6.99. The third-order valence-electron chi connectivity index (χ3n) is 3.58. The number of sulfone groups is 2. The van der Waals surface area contributed by atoms with E-state index in [-0.39, 0.29) is 15.5 Å². The average molecular weight is 361 g/mol. The molecule has 0 saturated carbocycles. The van der Waals surface area contributed by atoms with Gasteiger partial charge in [0.05, 0.1) is 9.79 Å². The second kappa shape index (κ2) is 6.26. The maximum absolute atomic E-state index is 13.1. The van der Waals surface area contributed by atoms with Crippen molar-refractivity contribution in [2.45, 2.75) is 14.4 Å². The molecule has 3 rings (SSSR count). The van der Waals surface area contributed by atoms with Crippen LogP contribution >= 0.6 is 0 Å². The van der Waals surface area contributed by atoms with Crippen LogP contribution in [0, 0.1) is 0 Å². The van der Waals surface area contributed by atoms with Gasteiger partial charge in [-0.15, -0.1) is 0 Å². The maximum Gasteiger partial charge on any atom is 0.211 e. The maximum atomic E-state index is 13.1. The summed E-state index contributed by atoms with van der Waals surface area (Å²) in [7, 11) is -8.30. The van der Waals surface area contributed by atoms with Crippen LogP contribution in [0.4, 0.5) is 0 Å². The quantitative estimate of drug-likeness (QED) is 0.757. The molecule has 0 saturated heterocycles. The van der Waals surface area contributed by atoms with Crippen molar-refractivity contribution >= 4 is 19.7 Å². The second-order valence-electron chi connectivity index (χ2n) is 5.17. The summed E-state index contributed by atoms with van der Waals surface area (Å²) in [6, 6.07) is 18.2. The van der Waals surface area contributed by atoms with Crippen LogP contribution in [-0.4, -0.2) is 21.8 Å². The zero-order valence-corrected chi connectivity index (χ0v) is 14.2. The molecule has 5 nitrogen and oxygen atoms in total. The van der Waals surface area contributed by atoms with Crippen molar-refractivity contribution < 1.29 is 16.8 Å². The molecule has 0 fully saturated rings. The molecule has 124 valence electrons. The predicted molar refractivity (Wildman–Crippen MR) is 90.8 cm³/mol. The van der Waals surface area contributed by atoms with Gasteiger partial charge in [0.15, 0.2) is 0 Å². The molecule has 0 unspecified atom stereocenters. The topological polar surface area (TPSA) is 84.1 Å². The highest BCUT2D eigenvalue weighted by Gasteiger charge is 2.41.